The predicted molar refractivity (Wildman–Crippen MR) is 124 cm³/mol. The normalized spacial score (nSPS) is 13.6. The van der Waals surface area contributed by atoms with E-state index < -0.39 is 66.7 Å². The Morgan fingerprint density at radius 3 is 1.97 bits per heavy atom. The van der Waals surface area contributed by atoms with Crippen LogP contribution in [0, 0.1) is 0 Å². The maximum Gasteiger partial charge on any atom is 0.417 e. The number of Topliss-reactive ketones (excluding diaryl/α,β-unsaturated/α-hetero) is 1. The minimum absolute atomic E-state index is 0.184. The molecule has 2 rings (SSSR count). The molecular weight excluding hydrogens is 653 g/mol. The predicted octanol–water partition coefficient (Wildman–Crippen LogP) is 8.23. The number of amides is 1. The van der Waals surface area contributed by atoms with Gasteiger partial charge in [-0.2, -0.15) is 39.5 Å². The molecule has 0 heterocycles. The van der Waals surface area contributed by atoms with Crippen molar-refractivity contribution in [2.75, 3.05) is 6.54 Å². The Morgan fingerprint density at radius 1 is 0.865 bits per heavy atom. The van der Waals surface area contributed by atoms with E-state index >= 15 is 0 Å². The number of hydrogen-bond donors (Lipinski definition) is 1. The molecule has 2 aromatic carbocycles. The van der Waals surface area contributed by atoms with Gasteiger partial charge in [0.2, 0.25) is 5.91 Å². The number of rotatable bonds is 8. The van der Waals surface area contributed by atoms with Crippen molar-refractivity contribution in [1.29, 1.82) is 0 Å². The lowest BCUT2D eigenvalue weighted by atomic mass is 9.95. The zero-order chi connectivity index (χ0) is 28.2. The maximum atomic E-state index is 13.7. The van der Waals surface area contributed by atoms with Crippen LogP contribution in [-0.2, 0) is 11.0 Å². The summed E-state index contributed by atoms with van der Waals surface area (Å²) in [6.45, 7) is -1.66. The molecule has 0 aliphatic heterocycles. The van der Waals surface area contributed by atoms with Gasteiger partial charge in [-0.1, -0.05) is 56.1 Å². The number of carbonyl (C=O) groups excluding carboxylic acids is 2. The molecule has 0 fully saturated rings. The first-order chi connectivity index (χ1) is 16.9. The summed E-state index contributed by atoms with van der Waals surface area (Å²) in [5.41, 5.74) is -2.78. The van der Waals surface area contributed by atoms with Gasteiger partial charge in [0, 0.05) is 27.4 Å². The minimum Gasteiger partial charge on any atom is -0.347 e. The summed E-state index contributed by atoms with van der Waals surface area (Å²) >= 11 is 6.16. The number of benzene rings is 2. The third-order valence-electron chi connectivity index (χ3n) is 4.79. The molecule has 3 nitrogen and oxygen atoms in total. The Balaban J connectivity index is 2.31. The summed E-state index contributed by atoms with van der Waals surface area (Å²) in [5.74, 6) is -4.51. The molecule has 0 aliphatic carbocycles. The average molecular weight is 669 g/mol. The molecule has 202 valence electrons. The number of allylic oxidation sites excluding steroid dienone is 1. The minimum atomic E-state index is -5.08. The lowest BCUT2D eigenvalue weighted by molar-refractivity contribution is -0.139. The molecule has 1 atom stereocenters. The maximum absolute atomic E-state index is 13.7. The van der Waals surface area contributed by atoms with Crippen LogP contribution >= 0.6 is 31.9 Å². The van der Waals surface area contributed by atoms with Crippen molar-refractivity contribution < 1.29 is 49.1 Å². The number of nitrogens with one attached hydrogen (secondary N) is 1. The Bertz CT molecular complexity index is 1150. The van der Waals surface area contributed by atoms with Crippen molar-refractivity contribution in [3.05, 3.63) is 73.7 Å². The van der Waals surface area contributed by atoms with Crippen LogP contribution in [0.3, 0.4) is 0 Å². The Kier molecular flexibility index (Phi) is 10.0. The first-order valence-electron chi connectivity index (χ1n) is 10.2. The highest BCUT2D eigenvalue weighted by Gasteiger charge is 2.39. The smallest absolute Gasteiger partial charge is 0.347 e. The molecule has 1 N–H and O–H groups in total. The topological polar surface area (TPSA) is 46.2 Å². The van der Waals surface area contributed by atoms with Crippen LogP contribution < -0.4 is 5.32 Å². The second kappa shape index (κ2) is 12.0. The third kappa shape index (κ3) is 9.80. The Labute approximate surface area is 221 Å². The molecule has 0 aliphatic rings. The van der Waals surface area contributed by atoms with Crippen LogP contribution in [0.4, 0.5) is 39.5 Å². The lowest BCUT2D eigenvalue weighted by Crippen LogP contribution is -2.33. The molecule has 2 aromatic rings. The van der Waals surface area contributed by atoms with Gasteiger partial charge >= 0.3 is 18.5 Å². The zero-order valence-electron chi connectivity index (χ0n) is 18.3. The largest absolute Gasteiger partial charge is 0.417 e. The fourth-order valence-corrected chi connectivity index (χ4v) is 4.49. The average Bonchev–Trinajstić information content (AvgIpc) is 2.73. The highest BCUT2D eigenvalue weighted by atomic mass is 79.9. The van der Waals surface area contributed by atoms with E-state index in [-0.39, 0.29) is 11.1 Å². The molecule has 1 amide bonds. The first-order valence-corrected chi connectivity index (χ1v) is 11.7. The van der Waals surface area contributed by atoms with E-state index in [4.69, 9.17) is 0 Å². The molecule has 0 saturated heterocycles. The van der Waals surface area contributed by atoms with Gasteiger partial charge in [0.15, 0.2) is 5.78 Å². The third-order valence-corrected chi connectivity index (χ3v) is 5.71. The van der Waals surface area contributed by atoms with E-state index in [1.807, 2.05) is 0 Å². The molecule has 14 heteroatoms. The quantitative estimate of drug-likeness (QED) is 0.228. The number of carbonyl (C=O) groups is 2. The molecular formula is C23H16Br2F9NO2. The number of halogens is 11. The van der Waals surface area contributed by atoms with Crippen LogP contribution in [0.25, 0.3) is 6.08 Å². The van der Waals surface area contributed by atoms with E-state index in [1.165, 1.54) is 23.5 Å². The fourth-order valence-electron chi connectivity index (χ4n) is 3.16. The second-order valence-corrected chi connectivity index (χ2v) is 9.53. The van der Waals surface area contributed by atoms with Crippen molar-refractivity contribution in [3.63, 3.8) is 0 Å². The van der Waals surface area contributed by atoms with Crippen LogP contribution in [0.5, 0.6) is 0 Å². The molecule has 0 aromatic heterocycles. The molecule has 0 radical (unpaired) electrons. The number of alkyl halides is 9. The van der Waals surface area contributed by atoms with E-state index in [9.17, 15) is 49.1 Å². The van der Waals surface area contributed by atoms with Crippen LogP contribution in [0.15, 0.2) is 51.4 Å². The van der Waals surface area contributed by atoms with Crippen molar-refractivity contribution in [2.24, 2.45) is 0 Å². The number of ketones is 1. The lowest BCUT2D eigenvalue weighted by Gasteiger charge is -2.18. The summed E-state index contributed by atoms with van der Waals surface area (Å²) in [4.78, 5) is 23.8. The Hall–Kier alpha value is -2.35. The highest BCUT2D eigenvalue weighted by molar-refractivity contribution is 9.11. The van der Waals surface area contributed by atoms with Gasteiger partial charge < -0.3 is 5.32 Å². The van der Waals surface area contributed by atoms with Crippen LogP contribution in [-0.4, -0.2) is 30.6 Å². The second-order valence-electron chi connectivity index (χ2n) is 7.70. The van der Waals surface area contributed by atoms with Gasteiger partial charge in [0.1, 0.15) is 6.54 Å². The summed E-state index contributed by atoms with van der Waals surface area (Å²) in [6.07, 6.45) is -14.6. The first kappa shape index (κ1) is 30.9. The van der Waals surface area contributed by atoms with Gasteiger partial charge in [0.25, 0.3) is 0 Å². The standard InChI is InChI=1S/C23H16Br2F9NO2/c24-14-8-13(9-15(25)10-14)17(22(29,30)31)4-2-12-1-3-16(18(7-12)23(32,33)34)19(36)5-6-20(37)35-11-21(26,27)28/h1-4,7-10,17H,5-6,11H2,(H,35,37)/b4-2+. The van der Waals surface area contributed by atoms with E-state index in [1.54, 1.807) is 0 Å². The van der Waals surface area contributed by atoms with E-state index in [0.29, 0.717) is 21.1 Å². The van der Waals surface area contributed by atoms with Gasteiger partial charge in [0.05, 0.1) is 11.5 Å². The molecule has 0 saturated carbocycles. The van der Waals surface area contributed by atoms with Crippen LogP contribution in [0.1, 0.15) is 45.8 Å². The highest BCUT2D eigenvalue weighted by Crippen LogP contribution is 2.39. The molecule has 0 bridgehead atoms. The number of hydrogen-bond acceptors (Lipinski definition) is 2. The summed E-state index contributed by atoms with van der Waals surface area (Å²) in [7, 11) is 0. The van der Waals surface area contributed by atoms with Gasteiger partial charge in [-0.05, 0) is 35.4 Å². The molecule has 1 unspecified atom stereocenters. The van der Waals surface area contributed by atoms with Crippen molar-refractivity contribution >= 4 is 49.6 Å². The van der Waals surface area contributed by atoms with E-state index in [0.717, 1.165) is 18.2 Å². The van der Waals surface area contributed by atoms with Crippen molar-refractivity contribution in [3.8, 4) is 0 Å². The molecule has 0 spiro atoms. The Morgan fingerprint density at radius 2 is 1.46 bits per heavy atom. The van der Waals surface area contributed by atoms with Crippen molar-refractivity contribution in [2.45, 2.75) is 37.3 Å². The molecule has 37 heavy (non-hydrogen) atoms. The summed E-state index contributed by atoms with van der Waals surface area (Å²) in [6, 6.07) is 6.15. The summed E-state index contributed by atoms with van der Waals surface area (Å²) < 4.78 is 119. The monoisotopic (exact) mass is 667 g/mol. The van der Waals surface area contributed by atoms with E-state index in [2.05, 4.69) is 31.9 Å². The van der Waals surface area contributed by atoms with Crippen LogP contribution in [0.2, 0.25) is 0 Å². The van der Waals surface area contributed by atoms with Crippen molar-refractivity contribution in [1.82, 2.24) is 5.32 Å². The van der Waals surface area contributed by atoms with Gasteiger partial charge in [-0.25, -0.2) is 0 Å². The fraction of sp³-hybridized carbons (Fsp3) is 0.304. The SMILES string of the molecule is O=C(CCC(=O)c1ccc(/C=C/C(c2cc(Br)cc(Br)c2)C(F)(F)F)cc1C(F)(F)F)NCC(F)(F)F. The zero-order valence-corrected chi connectivity index (χ0v) is 21.5. The van der Waals surface area contributed by atoms with Gasteiger partial charge in [-0.3, -0.25) is 9.59 Å². The summed E-state index contributed by atoms with van der Waals surface area (Å²) in [5, 5.41) is 1.50. The van der Waals surface area contributed by atoms with Gasteiger partial charge in [-0.15, -0.1) is 0 Å².